The molecule has 0 aromatic heterocycles. The van der Waals surface area contributed by atoms with E-state index in [0.29, 0.717) is 13.1 Å². The van der Waals surface area contributed by atoms with Crippen molar-refractivity contribution < 1.29 is 49.4 Å². The van der Waals surface area contributed by atoms with E-state index in [2.05, 4.69) is 43.7 Å². The van der Waals surface area contributed by atoms with Crippen LogP contribution in [0.15, 0.2) is 40.4 Å². The molecule has 1 saturated heterocycles. The molecule has 0 spiro atoms. The second kappa shape index (κ2) is 20.6. The van der Waals surface area contributed by atoms with Crippen LogP contribution in [-0.2, 0) is 4.74 Å². The molecule has 0 atom stereocenters. The number of amides is 1. The molecule has 3 rings (SSSR count). The normalized spacial score (nSPS) is 15.4. The van der Waals surface area contributed by atoms with Gasteiger partial charge in [-0.3, -0.25) is 4.99 Å². The van der Waals surface area contributed by atoms with E-state index in [1.165, 1.54) is 36.0 Å². The number of aryl methyl sites for hydroxylation is 1. The second-order valence-electron chi connectivity index (χ2n) is 9.85. The third-order valence-electron chi connectivity index (χ3n) is 5.09. The Bertz CT molecular complexity index is 798. The van der Waals surface area contributed by atoms with Gasteiger partial charge in [0.1, 0.15) is 11.4 Å². The standard InChI is InChI=1S/C17H29N3O2.C7H7.C3H8.C2H3F2.U/c1-13-7-6-8-14(13)15(18-5)19-9-11-20(12-10-19)16(21)22-17(2,3)4;1-7-5-3-2-4-6-7;1-3-2;1-2(3)4;/h6-12H2,1-5H3;3-6H,1H3;3H2,1-2H3;1H3;/q;-1;;-1;+2. The molecule has 1 amide bonds. The Labute approximate surface area is 248 Å². The van der Waals surface area contributed by atoms with Crippen molar-refractivity contribution in [3.63, 3.8) is 0 Å². The Morgan fingerprint density at radius 3 is 1.84 bits per heavy atom. The number of benzene rings is 1. The Hall–Kier alpha value is -1.39. The molecular weight excluding hydrogens is 698 g/mol. The van der Waals surface area contributed by atoms with Gasteiger partial charge in [0.2, 0.25) is 0 Å². The minimum atomic E-state index is -1.58. The van der Waals surface area contributed by atoms with Crippen molar-refractivity contribution >= 4 is 11.9 Å². The molecule has 0 saturated carbocycles. The van der Waals surface area contributed by atoms with E-state index in [4.69, 9.17) is 4.74 Å². The molecule has 5 nitrogen and oxygen atoms in total. The fraction of sp³-hybridized carbons (Fsp3) is 0.621. The molecule has 1 aliphatic carbocycles. The summed E-state index contributed by atoms with van der Waals surface area (Å²) >= 11 is 0. The second-order valence-corrected chi connectivity index (χ2v) is 9.85. The fourth-order valence-electron chi connectivity index (χ4n) is 3.56. The Balaban J connectivity index is 0. The van der Waals surface area contributed by atoms with E-state index >= 15 is 0 Å². The molecule has 1 heterocycles. The van der Waals surface area contributed by atoms with E-state index in [1.807, 2.05) is 52.1 Å². The van der Waals surface area contributed by atoms with E-state index in [-0.39, 0.29) is 37.2 Å². The van der Waals surface area contributed by atoms with E-state index < -0.39 is 12.0 Å². The quantitative estimate of drug-likeness (QED) is 0.168. The molecule has 0 radical (unpaired) electrons. The fourth-order valence-corrected chi connectivity index (χ4v) is 3.56. The van der Waals surface area contributed by atoms with Crippen LogP contribution in [0.1, 0.15) is 79.7 Å². The zero-order valence-electron chi connectivity index (χ0n) is 24.4. The molecule has 0 N–H and O–H groups in total. The molecular formula is C29H47F2N3O2U. The number of hydrogen-bond donors (Lipinski definition) is 0. The predicted octanol–water partition coefficient (Wildman–Crippen LogP) is 7.71. The summed E-state index contributed by atoms with van der Waals surface area (Å²) in [6.07, 6.45) is 3.01. The van der Waals surface area contributed by atoms with Gasteiger partial charge in [0.25, 0.3) is 0 Å². The molecule has 1 aromatic carbocycles. The van der Waals surface area contributed by atoms with Crippen molar-refractivity contribution in [2.75, 3.05) is 33.2 Å². The summed E-state index contributed by atoms with van der Waals surface area (Å²) in [6.45, 7) is 18.0. The zero-order valence-corrected chi connectivity index (χ0v) is 28.5. The number of ether oxygens (including phenoxy) is 1. The minimum absolute atomic E-state index is 0. The minimum Gasteiger partial charge on any atom is -0.444 e. The SMILES string of the molecule is CCC.CN=C(C1=C(C)CCC1)N1CCN(C(=O)OC(C)(C)C)CC1.C[C-](F)F.Cc1cc[c-]cc1.[U+2]. The first-order valence-corrected chi connectivity index (χ1v) is 12.8. The summed E-state index contributed by atoms with van der Waals surface area (Å²) in [6, 6.07) is 10.8. The number of carbonyl (C=O) groups excluding carboxylic acids is 1. The Kier molecular flexibility index (Phi) is 21.0. The summed E-state index contributed by atoms with van der Waals surface area (Å²) in [5.41, 5.74) is 3.73. The number of allylic oxidation sites excluding steroid dienone is 1. The predicted molar refractivity (Wildman–Crippen MR) is 146 cm³/mol. The van der Waals surface area contributed by atoms with Gasteiger partial charge < -0.3 is 23.3 Å². The number of nitrogens with zero attached hydrogens (tertiary/aromatic N) is 3. The summed E-state index contributed by atoms with van der Waals surface area (Å²) in [5, 5.41) is 0. The van der Waals surface area contributed by atoms with E-state index in [0.717, 1.165) is 32.3 Å². The van der Waals surface area contributed by atoms with Crippen LogP contribution in [0.4, 0.5) is 13.6 Å². The third-order valence-corrected chi connectivity index (χ3v) is 5.09. The molecule has 37 heavy (non-hydrogen) atoms. The van der Waals surface area contributed by atoms with E-state index in [1.54, 1.807) is 4.90 Å². The number of rotatable bonds is 1. The van der Waals surface area contributed by atoms with Gasteiger partial charge in [-0.1, -0.05) is 32.8 Å². The van der Waals surface area contributed by atoms with E-state index in [9.17, 15) is 13.6 Å². The van der Waals surface area contributed by atoms with Gasteiger partial charge >= 0.3 is 37.2 Å². The van der Waals surface area contributed by atoms with Crippen LogP contribution in [0.5, 0.6) is 0 Å². The number of hydrogen-bond acceptors (Lipinski definition) is 3. The van der Waals surface area contributed by atoms with Crippen LogP contribution in [0.3, 0.4) is 0 Å². The maximum absolute atomic E-state index is 12.1. The summed E-state index contributed by atoms with van der Waals surface area (Å²) in [4.78, 5) is 20.7. The first kappa shape index (κ1) is 37.8. The molecule has 1 aliphatic heterocycles. The Morgan fingerprint density at radius 1 is 1.05 bits per heavy atom. The smallest absolute Gasteiger partial charge is 0.444 e. The van der Waals surface area contributed by atoms with Gasteiger partial charge in [0, 0.05) is 33.2 Å². The topological polar surface area (TPSA) is 45.1 Å². The number of halogens is 2. The number of carbonyl (C=O) groups is 1. The molecule has 1 aromatic rings. The molecule has 0 bridgehead atoms. The van der Waals surface area contributed by atoms with Crippen LogP contribution < -0.4 is 0 Å². The average molecular weight is 746 g/mol. The molecule has 208 valence electrons. The summed E-state index contributed by atoms with van der Waals surface area (Å²) < 4.78 is 25.9. The summed E-state index contributed by atoms with van der Waals surface area (Å²) in [7, 11) is 1.87. The largest absolute Gasteiger partial charge is 2.00 e. The number of aliphatic imine (C=N–C) groups is 1. The van der Waals surface area contributed by atoms with Gasteiger partial charge in [-0.05, 0) is 59.0 Å². The van der Waals surface area contributed by atoms with Gasteiger partial charge in [0.15, 0.2) is 0 Å². The first-order chi connectivity index (χ1) is 16.9. The van der Waals surface area contributed by atoms with Crippen LogP contribution in [-0.4, -0.2) is 60.6 Å². The molecule has 2 aliphatic rings. The van der Waals surface area contributed by atoms with Crippen LogP contribution in [0.2, 0.25) is 0 Å². The van der Waals surface area contributed by atoms with Crippen molar-refractivity contribution in [1.82, 2.24) is 9.80 Å². The van der Waals surface area contributed by atoms with Crippen molar-refractivity contribution in [2.24, 2.45) is 4.99 Å². The third kappa shape index (κ3) is 17.7. The maximum atomic E-state index is 12.1. The maximum Gasteiger partial charge on any atom is 2.00 e. The monoisotopic (exact) mass is 745 g/mol. The zero-order chi connectivity index (χ0) is 27.7. The van der Waals surface area contributed by atoms with Crippen molar-refractivity contribution in [3.8, 4) is 0 Å². The average Bonchev–Trinajstić information content (AvgIpc) is 3.20. The number of amidine groups is 1. The van der Waals surface area contributed by atoms with Gasteiger partial charge in [-0.15, -0.1) is 6.92 Å². The summed E-state index contributed by atoms with van der Waals surface area (Å²) in [5.74, 6) is 1.12. The van der Waals surface area contributed by atoms with Gasteiger partial charge in [0.05, 0.1) is 0 Å². The number of piperazine rings is 1. The van der Waals surface area contributed by atoms with Gasteiger partial charge in [-0.25, -0.2) is 4.79 Å². The Morgan fingerprint density at radius 2 is 1.51 bits per heavy atom. The van der Waals surface area contributed by atoms with Crippen molar-refractivity contribution in [1.29, 1.82) is 0 Å². The molecule has 0 unspecified atom stereocenters. The van der Waals surface area contributed by atoms with Crippen molar-refractivity contribution in [3.05, 3.63) is 53.5 Å². The van der Waals surface area contributed by atoms with Crippen LogP contribution >= 0.6 is 0 Å². The van der Waals surface area contributed by atoms with Crippen molar-refractivity contribution in [2.45, 2.75) is 86.7 Å². The van der Waals surface area contributed by atoms with Gasteiger partial charge in [-0.2, -0.15) is 35.9 Å². The molecule has 1 fully saturated rings. The first-order valence-electron chi connectivity index (χ1n) is 12.8. The molecule has 8 heteroatoms. The van der Waals surface area contributed by atoms with Crippen LogP contribution in [0, 0.1) is 50.5 Å². The van der Waals surface area contributed by atoms with Crippen LogP contribution in [0.25, 0.3) is 0 Å².